The van der Waals surface area contributed by atoms with Gasteiger partial charge in [0.25, 0.3) is 0 Å². The van der Waals surface area contributed by atoms with E-state index in [-0.39, 0.29) is 11.2 Å². The SMILES string of the molecule is CCC1(C(=O)c2cc(C)cnc2N)CCNC1. The van der Waals surface area contributed by atoms with E-state index >= 15 is 0 Å². The minimum absolute atomic E-state index is 0.138. The third-order valence-corrected chi connectivity index (χ3v) is 3.70. The van der Waals surface area contributed by atoms with Gasteiger partial charge in [-0.15, -0.1) is 0 Å². The number of ketones is 1. The van der Waals surface area contributed by atoms with Gasteiger partial charge in [-0.3, -0.25) is 4.79 Å². The van der Waals surface area contributed by atoms with Crippen molar-refractivity contribution in [2.45, 2.75) is 26.7 Å². The summed E-state index contributed by atoms with van der Waals surface area (Å²) in [5.74, 6) is 0.485. The van der Waals surface area contributed by atoms with Crippen molar-refractivity contribution < 1.29 is 4.79 Å². The molecule has 1 fully saturated rings. The van der Waals surface area contributed by atoms with Crippen molar-refractivity contribution in [1.29, 1.82) is 0 Å². The number of anilines is 1. The highest BCUT2D eigenvalue weighted by atomic mass is 16.1. The fourth-order valence-electron chi connectivity index (χ4n) is 2.45. The topological polar surface area (TPSA) is 68.0 Å². The Kier molecular flexibility index (Phi) is 3.15. The van der Waals surface area contributed by atoms with E-state index in [1.54, 1.807) is 6.20 Å². The van der Waals surface area contributed by atoms with E-state index in [2.05, 4.69) is 17.2 Å². The van der Waals surface area contributed by atoms with Crippen LogP contribution in [0.15, 0.2) is 12.3 Å². The molecule has 0 aromatic carbocycles. The van der Waals surface area contributed by atoms with Gasteiger partial charge in [-0.25, -0.2) is 4.98 Å². The van der Waals surface area contributed by atoms with Gasteiger partial charge in [0.2, 0.25) is 0 Å². The number of hydrogen-bond donors (Lipinski definition) is 2. The number of pyridine rings is 1. The van der Waals surface area contributed by atoms with Gasteiger partial charge in [0, 0.05) is 18.2 Å². The Morgan fingerprint density at radius 2 is 2.41 bits per heavy atom. The van der Waals surface area contributed by atoms with Crippen LogP contribution in [0.25, 0.3) is 0 Å². The van der Waals surface area contributed by atoms with Gasteiger partial charge in [-0.2, -0.15) is 0 Å². The third-order valence-electron chi connectivity index (χ3n) is 3.70. The summed E-state index contributed by atoms with van der Waals surface area (Å²) in [6, 6.07) is 1.85. The van der Waals surface area contributed by atoms with Crippen LogP contribution in [0.3, 0.4) is 0 Å². The van der Waals surface area contributed by atoms with Crippen molar-refractivity contribution in [3.63, 3.8) is 0 Å². The summed E-state index contributed by atoms with van der Waals surface area (Å²) in [6.07, 6.45) is 3.42. The molecule has 0 spiro atoms. The predicted octanol–water partition coefficient (Wildman–Crippen LogP) is 1.54. The lowest BCUT2D eigenvalue weighted by Gasteiger charge is -2.25. The highest BCUT2D eigenvalue weighted by Gasteiger charge is 2.40. The van der Waals surface area contributed by atoms with Crippen LogP contribution in [-0.2, 0) is 0 Å². The first-order chi connectivity index (χ1) is 8.09. The van der Waals surface area contributed by atoms with Gasteiger partial charge < -0.3 is 11.1 Å². The first kappa shape index (κ1) is 12.0. The van der Waals surface area contributed by atoms with E-state index in [1.165, 1.54) is 0 Å². The van der Waals surface area contributed by atoms with Crippen molar-refractivity contribution in [2.24, 2.45) is 5.41 Å². The predicted molar refractivity (Wildman–Crippen MR) is 67.9 cm³/mol. The molecule has 1 aromatic rings. The van der Waals surface area contributed by atoms with E-state index in [1.807, 2.05) is 13.0 Å². The van der Waals surface area contributed by atoms with E-state index in [9.17, 15) is 4.79 Å². The van der Waals surface area contributed by atoms with Gasteiger partial charge in [0.1, 0.15) is 5.82 Å². The summed E-state index contributed by atoms with van der Waals surface area (Å²) in [5, 5.41) is 3.27. The lowest BCUT2D eigenvalue weighted by atomic mass is 9.77. The van der Waals surface area contributed by atoms with Crippen molar-refractivity contribution >= 4 is 11.6 Å². The molecule has 0 radical (unpaired) electrons. The van der Waals surface area contributed by atoms with Crippen molar-refractivity contribution in [2.75, 3.05) is 18.8 Å². The third kappa shape index (κ3) is 2.05. The smallest absolute Gasteiger partial charge is 0.174 e. The lowest BCUT2D eigenvalue weighted by Crippen LogP contribution is -2.33. The number of hydrogen-bond acceptors (Lipinski definition) is 4. The van der Waals surface area contributed by atoms with Gasteiger partial charge in [0.05, 0.1) is 5.56 Å². The minimum Gasteiger partial charge on any atom is -0.383 e. The summed E-state index contributed by atoms with van der Waals surface area (Å²) in [5.41, 5.74) is 7.08. The van der Waals surface area contributed by atoms with Gasteiger partial charge in [0.15, 0.2) is 5.78 Å². The molecular formula is C13H19N3O. The molecule has 0 saturated carbocycles. The van der Waals surface area contributed by atoms with Crippen molar-refractivity contribution in [3.05, 3.63) is 23.4 Å². The fraction of sp³-hybridized carbons (Fsp3) is 0.538. The first-order valence-corrected chi connectivity index (χ1v) is 6.07. The molecule has 4 heteroatoms. The second-order valence-electron chi connectivity index (χ2n) is 4.84. The monoisotopic (exact) mass is 233 g/mol. The normalized spacial score (nSPS) is 23.9. The van der Waals surface area contributed by atoms with Crippen LogP contribution in [0.5, 0.6) is 0 Å². The average Bonchev–Trinajstić information content (AvgIpc) is 2.81. The largest absolute Gasteiger partial charge is 0.383 e. The molecule has 17 heavy (non-hydrogen) atoms. The second kappa shape index (κ2) is 4.45. The van der Waals surface area contributed by atoms with Gasteiger partial charge in [-0.1, -0.05) is 6.92 Å². The number of rotatable bonds is 3. The van der Waals surface area contributed by atoms with E-state index in [4.69, 9.17) is 5.73 Å². The number of aryl methyl sites for hydroxylation is 1. The molecule has 4 nitrogen and oxygen atoms in total. The Hall–Kier alpha value is -1.42. The maximum Gasteiger partial charge on any atom is 0.174 e. The van der Waals surface area contributed by atoms with Crippen LogP contribution in [0, 0.1) is 12.3 Å². The fourth-order valence-corrected chi connectivity index (χ4v) is 2.45. The molecule has 0 aliphatic carbocycles. The highest BCUT2D eigenvalue weighted by Crippen LogP contribution is 2.34. The molecule has 2 rings (SSSR count). The second-order valence-corrected chi connectivity index (χ2v) is 4.84. The molecule has 1 unspecified atom stereocenters. The molecule has 1 aromatic heterocycles. The first-order valence-electron chi connectivity index (χ1n) is 6.07. The Bertz CT molecular complexity index is 436. The number of nitrogens with zero attached hydrogens (tertiary/aromatic N) is 1. The van der Waals surface area contributed by atoms with Gasteiger partial charge in [-0.05, 0) is 37.9 Å². The summed E-state index contributed by atoms with van der Waals surface area (Å²) >= 11 is 0. The van der Waals surface area contributed by atoms with Crippen molar-refractivity contribution in [1.82, 2.24) is 10.3 Å². The quantitative estimate of drug-likeness (QED) is 0.777. The summed E-state index contributed by atoms with van der Waals surface area (Å²) in [7, 11) is 0. The van der Waals surface area contributed by atoms with Crippen LogP contribution >= 0.6 is 0 Å². The number of nitrogens with two attached hydrogens (primary N) is 1. The zero-order valence-corrected chi connectivity index (χ0v) is 10.4. The minimum atomic E-state index is -0.288. The molecule has 0 bridgehead atoms. The number of aromatic nitrogens is 1. The Morgan fingerprint density at radius 1 is 1.65 bits per heavy atom. The summed E-state index contributed by atoms with van der Waals surface area (Å²) in [6.45, 7) is 5.63. The maximum absolute atomic E-state index is 12.6. The molecule has 1 aliphatic heterocycles. The maximum atomic E-state index is 12.6. The van der Waals surface area contributed by atoms with E-state index < -0.39 is 0 Å². The van der Waals surface area contributed by atoms with E-state index in [0.29, 0.717) is 11.4 Å². The Morgan fingerprint density at radius 3 is 3.00 bits per heavy atom. The van der Waals surface area contributed by atoms with E-state index in [0.717, 1.165) is 31.5 Å². The van der Waals surface area contributed by atoms with Crippen LogP contribution < -0.4 is 11.1 Å². The number of carbonyl (C=O) groups excluding carboxylic acids is 1. The number of Topliss-reactive ketones (excluding diaryl/α,β-unsaturated/α-hetero) is 1. The number of carbonyl (C=O) groups is 1. The molecular weight excluding hydrogens is 214 g/mol. The molecule has 2 heterocycles. The zero-order chi connectivity index (χ0) is 12.5. The van der Waals surface area contributed by atoms with Crippen LogP contribution in [0.2, 0.25) is 0 Å². The molecule has 1 aliphatic rings. The number of nitrogens with one attached hydrogen (secondary N) is 1. The highest BCUT2D eigenvalue weighted by molar-refractivity contribution is 6.04. The molecule has 1 atom stereocenters. The summed E-state index contributed by atoms with van der Waals surface area (Å²) < 4.78 is 0. The zero-order valence-electron chi connectivity index (χ0n) is 10.4. The Balaban J connectivity index is 2.39. The Labute approximate surface area is 102 Å². The summed E-state index contributed by atoms with van der Waals surface area (Å²) in [4.78, 5) is 16.7. The van der Waals surface area contributed by atoms with Crippen LogP contribution in [0.4, 0.5) is 5.82 Å². The molecule has 3 N–H and O–H groups in total. The van der Waals surface area contributed by atoms with Crippen molar-refractivity contribution in [3.8, 4) is 0 Å². The van der Waals surface area contributed by atoms with Crippen LogP contribution in [-0.4, -0.2) is 23.9 Å². The number of nitrogen functional groups attached to an aromatic ring is 1. The molecule has 92 valence electrons. The standard InChI is InChI=1S/C13H19N3O/c1-3-13(4-5-15-8-13)11(17)10-6-9(2)7-16-12(10)14/h6-7,15H,3-5,8H2,1-2H3,(H2,14,16). The van der Waals surface area contributed by atoms with Gasteiger partial charge >= 0.3 is 0 Å². The molecule has 0 amide bonds. The van der Waals surface area contributed by atoms with Crippen LogP contribution in [0.1, 0.15) is 35.7 Å². The molecule has 1 saturated heterocycles. The lowest BCUT2D eigenvalue weighted by molar-refractivity contribution is 0.0811. The average molecular weight is 233 g/mol.